The van der Waals surface area contributed by atoms with Crippen molar-refractivity contribution in [2.75, 3.05) is 0 Å². The minimum atomic E-state index is 0.329. The van der Waals surface area contributed by atoms with Crippen molar-refractivity contribution in [2.24, 2.45) is 39.6 Å². The van der Waals surface area contributed by atoms with E-state index in [9.17, 15) is 0 Å². The monoisotopic (exact) mass is 619 g/mol. The molecule has 0 saturated carbocycles. The normalized spacial score (nSPS) is 28.3. The molecule has 3 N–H and O–H groups in total. The first-order valence-corrected chi connectivity index (χ1v) is 18.3. The number of aromatic nitrogens is 2. The molecule has 246 valence electrons. The zero-order valence-corrected chi connectivity index (χ0v) is 28.8. The minimum absolute atomic E-state index is 0.329. The van der Waals surface area contributed by atoms with Crippen molar-refractivity contribution in [3.8, 4) is 0 Å². The van der Waals surface area contributed by atoms with Crippen LogP contribution in [0.15, 0.2) is 81.6 Å². The van der Waals surface area contributed by atoms with Crippen molar-refractivity contribution < 1.29 is 0 Å². The standard InChI is InChI=1S/C41H57N5/c1-5-31(25-38-17-6-28(2)44-38)24-32-9-11-33(12-10-32)41(34-13-20-36(21-14-34)42-26-39-18-7-29(3)45-39)35-15-22-37(23-16-35)43-27-40-19-8-30(4)46-40/h6-9,13,17,19-20,22,26-27,31,33-36,39,41,44-46H,5,10-12,14-16,18,21,23-25H2,1-4H3. The number of hydrogen-bond donors (Lipinski definition) is 3. The number of aliphatic imine (C=N–C) groups is 2. The van der Waals surface area contributed by atoms with Crippen molar-refractivity contribution in [1.29, 1.82) is 0 Å². The molecule has 7 unspecified atom stereocenters. The number of aryl methyl sites for hydroxylation is 2. The number of rotatable bonds is 12. The van der Waals surface area contributed by atoms with E-state index in [4.69, 9.17) is 9.98 Å². The predicted octanol–water partition coefficient (Wildman–Crippen LogP) is 9.74. The molecule has 2 aromatic heterocycles. The molecule has 0 amide bonds. The zero-order chi connectivity index (χ0) is 31.9. The Kier molecular flexibility index (Phi) is 11.0. The molecule has 7 atom stereocenters. The van der Waals surface area contributed by atoms with Crippen LogP contribution in [0, 0.1) is 43.4 Å². The Hall–Kier alpha value is -3.34. The van der Waals surface area contributed by atoms with Gasteiger partial charge in [0.25, 0.3) is 0 Å². The van der Waals surface area contributed by atoms with Crippen LogP contribution in [0.4, 0.5) is 0 Å². The van der Waals surface area contributed by atoms with Crippen molar-refractivity contribution in [2.45, 2.75) is 117 Å². The van der Waals surface area contributed by atoms with Crippen LogP contribution in [0.2, 0.25) is 0 Å². The summed E-state index contributed by atoms with van der Waals surface area (Å²) in [5.41, 5.74) is 9.20. The van der Waals surface area contributed by atoms with Gasteiger partial charge in [-0.25, -0.2) is 0 Å². The highest BCUT2D eigenvalue weighted by atomic mass is 15.0. The van der Waals surface area contributed by atoms with Gasteiger partial charge in [0.15, 0.2) is 0 Å². The summed E-state index contributed by atoms with van der Waals surface area (Å²) in [4.78, 5) is 16.8. The molecular weight excluding hydrogens is 562 g/mol. The first kappa shape index (κ1) is 32.6. The Morgan fingerprint density at radius 3 is 2.24 bits per heavy atom. The van der Waals surface area contributed by atoms with Gasteiger partial charge in [0.05, 0.1) is 24.0 Å². The molecule has 5 nitrogen and oxygen atoms in total. The molecule has 0 saturated heterocycles. The Bertz CT molecular complexity index is 1480. The van der Waals surface area contributed by atoms with E-state index in [-0.39, 0.29) is 0 Å². The van der Waals surface area contributed by atoms with Crippen molar-refractivity contribution >= 4 is 12.4 Å². The molecular formula is C41H57N5. The van der Waals surface area contributed by atoms with Gasteiger partial charge in [0.1, 0.15) is 0 Å². The molecule has 0 aromatic carbocycles. The lowest BCUT2D eigenvalue weighted by Gasteiger charge is -2.42. The average Bonchev–Trinajstić information content (AvgIpc) is 3.81. The molecule has 0 radical (unpaired) electrons. The van der Waals surface area contributed by atoms with E-state index in [1.807, 2.05) is 6.21 Å². The van der Waals surface area contributed by atoms with Gasteiger partial charge in [-0.3, -0.25) is 9.98 Å². The molecule has 0 spiro atoms. The molecule has 4 aliphatic rings. The highest BCUT2D eigenvalue weighted by Crippen LogP contribution is 2.46. The summed E-state index contributed by atoms with van der Waals surface area (Å²) in [6, 6.07) is 9.42. The predicted molar refractivity (Wildman–Crippen MR) is 195 cm³/mol. The zero-order valence-electron chi connectivity index (χ0n) is 28.8. The first-order chi connectivity index (χ1) is 22.4. The Morgan fingerprint density at radius 2 is 1.63 bits per heavy atom. The highest BCUT2D eigenvalue weighted by Gasteiger charge is 2.37. The molecule has 2 aromatic rings. The lowest BCUT2D eigenvalue weighted by molar-refractivity contribution is 0.135. The van der Waals surface area contributed by atoms with Gasteiger partial charge in [0, 0.05) is 34.7 Å². The quantitative estimate of drug-likeness (QED) is 0.161. The van der Waals surface area contributed by atoms with Crippen molar-refractivity contribution in [3.63, 3.8) is 0 Å². The number of H-pyrrole nitrogens is 2. The molecule has 3 aliphatic carbocycles. The fraction of sp³-hybridized carbons (Fsp3) is 0.561. The number of nitrogens with zero attached hydrogens (tertiary/aromatic N) is 2. The third kappa shape index (κ3) is 8.72. The van der Waals surface area contributed by atoms with Crippen LogP contribution < -0.4 is 5.32 Å². The van der Waals surface area contributed by atoms with Crippen LogP contribution >= 0.6 is 0 Å². The van der Waals surface area contributed by atoms with Gasteiger partial charge in [-0.1, -0.05) is 49.3 Å². The van der Waals surface area contributed by atoms with Gasteiger partial charge in [-0.05, 0) is 145 Å². The SMILES string of the molecule is CCC(CC1=CCC(C(C2C=CC(N=CC3CC=C(C)N3)CC2)C2CC=C(N=Cc3ccc(C)[nH]3)CC2)CC1)Cc1ccc(C)[nH]1. The maximum atomic E-state index is 5.00. The minimum Gasteiger partial charge on any atom is -0.381 e. The largest absolute Gasteiger partial charge is 0.381 e. The summed E-state index contributed by atoms with van der Waals surface area (Å²) < 4.78 is 0. The van der Waals surface area contributed by atoms with E-state index in [1.54, 1.807) is 5.57 Å². The lowest BCUT2D eigenvalue weighted by Crippen LogP contribution is -2.34. The van der Waals surface area contributed by atoms with Crippen molar-refractivity contribution in [3.05, 3.63) is 94.4 Å². The van der Waals surface area contributed by atoms with E-state index in [0.29, 0.717) is 18.0 Å². The third-order valence-corrected chi connectivity index (χ3v) is 11.2. The molecule has 0 fully saturated rings. The second-order valence-corrected chi connectivity index (χ2v) is 14.8. The smallest absolute Gasteiger partial charge is 0.0677 e. The van der Waals surface area contributed by atoms with E-state index in [0.717, 1.165) is 48.6 Å². The summed E-state index contributed by atoms with van der Waals surface area (Å²) in [7, 11) is 0. The van der Waals surface area contributed by atoms with Crippen LogP contribution in [-0.4, -0.2) is 34.5 Å². The number of hydrogen-bond acceptors (Lipinski definition) is 3. The summed E-state index contributed by atoms with van der Waals surface area (Å²) in [5.74, 6) is 3.62. The van der Waals surface area contributed by atoms with E-state index in [1.165, 1.54) is 86.3 Å². The summed E-state index contributed by atoms with van der Waals surface area (Å²) >= 11 is 0. The highest BCUT2D eigenvalue weighted by molar-refractivity contribution is 5.78. The van der Waals surface area contributed by atoms with E-state index >= 15 is 0 Å². The summed E-state index contributed by atoms with van der Waals surface area (Å²) in [5, 5.41) is 3.52. The third-order valence-electron chi connectivity index (χ3n) is 11.2. The van der Waals surface area contributed by atoms with Gasteiger partial charge < -0.3 is 15.3 Å². The molecule has 1 aliphatic heterocycles. The van der Waals surface area contributed by atoms with Gasteiger partial charge in [0.2, 0.25) is 0 Å². The fourth-order valence-electron chi connectivity index (χ4n) is 8.61. The summed E-state index contributed by atoms with van der Waals surface area (Å²) in [6.45, 7) is 8.77. The van der Waals surface area contributed by atoms with Gasteiger partial charge >= 0.3 is 0 Å². The topological polar surface area (TPSA) is 68.3 Å². The van der Waals surface area contributed by atoms with Crippen LogP contribution in [0.5, 0.6) is 0 Å². The Balaban J connectivity index is 1.12. The number of aromatic amines is 2. The van der Waals surface area contributed by atoms with E-state index in [2.05, 4.69) is 104 Å². The molecule has 6 rings (SSSR count). The Morgan fingerprint density at radius 1 is 0.826 bits per heavy atom. The molecule has 0 bridgehead atoms. The van der Waals surface area contributed by atoms with Gasteiger partial charge in [-0.2, -0.15) is 0 Å². The van der Waals surface area contributed by atoms with Crippen LogP contribution in [0.1, 0.15) is 107 Å². The summed E-state index contributed by atoms with van der Waals surface area (Å²) in [6.07, 6.45) is 31.1. The van der Waals surface area contributed by atoms with Crippen LogP contribution in [0.25, 0.3) is 0 Å². The fourth-order valence-corrected chi connectivity index (χ4v) is 8.61. The molecule has 3 heterocycles. The van der Waals surface area contributed by atoms with Gasteiger partial charge in [-0.15, -0.1) is 0 Å². The number of nitrogens with one attached hydrogen (secondary N) is 3. The maximum absolute atomic E-state index is 5.00. The second-order valence-electron chi connectivity index (χ2n) is 14.8. The molecule has 5 heteroatoms. The lowest BCUT2D eigenvalue weighted by atomic mass is 9.63. The van der Waals surface area contributed by atoms with E-state index < -0.39 is 0 Å². The van der Waals surface area contributed by atoms with Crippen LogP contribution in [-0.2, 0) is 6.42 Å². The van der Waals surface area contributed by atoms with Crippen molar-refractivity contribution in [1.82, 2.24) is 15.3 Å². The molecule has 46 heavy (non-hydrogen) atoms. The Labute approximate surface area is 278 Å². The first-order valence-electron chi connectivity index (χ1n) is 18.3. The second kappa shape index (κ2) is 15.5. The van der Waals surface area contributed by atoms with Crippen LogP contribution in [0.3, 0.4) is 0 Å². The average molecular weight is 620 g/mol. The number of allylic oxidation sites excluding steroid dienone is 6. The maximum Gasteiger partial charge on any atom is 0.0677 e.